The van der Waals surface area contributed by atoms with Crippen LogP contribution < -0.4 is 0 Å². The zero-order valence-electron chi connectivity index (χ0n) is 14.2. The fourth-order valence-corrected chi connectivity index (χ4v) is 2.31. The molecule has 1 amide bonds. The van der Waals surface area contributed by atoms with Crippen molar-refractivity contribution in [1.82, 2.24) is 19.7 Å². The van der Waals surface area contributed by atoms with E-state index in [-0.39, 0.29) is 17.4 Å². The highest BCUT2D eigenvalue weighted by Gasteiger charge is 2.27. The van der Waals surface area contributed by atoms with Crippen LogP contribution in [0.25, 0.3) is 0 Å². The minimum atomic E-state index is -0.467. The molecule has 1 atom stereocenters. The SMILES string of the molecule is CCOC(=O)C(C)Sc1nc(C(C)(C)C)nn1C(=O)N(C)C. The molecular formula is C14H24N4O3S. The summed E-state index contributed by atoms with van der Waals surface area (Å²) in [7, 11) is 3.29. The summed E-state index contributed by atoms with van der Waals surface area (Å²) in [5.74, 6) is 0.220. The molecule has 0 bridgehead atoms. The highest BCUT2D eigenvalue weighted by Crippen LogP contribution is 2.26. The first-order valence-electron chi connectivity index (χ1n) is 7.10. The molecule has 22 heavy (non-hydrogen) atoms. The van der Waals surface area contributed by atoms with Gasteiger partial charge >= 0.3 is 12.0 Å². The average Bonchev–Trinajstić information content (AvgIpc) is 2.81. The molecule has 1 unspecified atom stereocenters. The molecule has 0 aliphatic carbocycles. The minimum Gasteiger partial charge on any atom is -0.465 e. The zero-order chi connectivity index (χ0) is 17.1. The number of esters is 1. The number of amides is 1. The van der Waals surface area contributed by atoms with Gasteiger partial charge in [-0.3, -0.25) is 4.79 Å². The monoisotopic (exact) mass is 328 g/mol. The molecular weight excluding hydrogens is 304 g/mol. The van der Waals surface area contributed by atoms with Gasteiger partial charge in [-0.05, 0) is 13.8 Å². The fourth-order valence-electron chi connectivity index (χ4n) is 1.47. The lowest BCUT2D eigenvalue weighted by atomic mass is 9.96. The second-order valence-electron chi connectivity index (χ2n) is 6.07. The van der Waals surface area contributed by atoms with E-state index in [0.29, 0.717) is 17.6 Å². The number of nitrogens with zero attached hydrogens (tertiary/aromatic N) is 4. The quantitative estimate of drug-likeness (QED) is 0.622. The number of aromatic nitrogens is 3. The van der Waals surface area contributed by atoms with E-state index in [9.17, 15) is 9.59 Å². The number of ether oxygens (including phenoxy) is 1. The molecule has 0 spiro atoms. The maximum atomic E-state index is 12.2. The Morgan fingerprint density at radius 1 is 1.36 bits per heavy atom. The number of hydrogen-bond acceptors (Lipinski definition) is 6. The summed E-state index contributed by atoms with van der Waals surface area (Å²) in [5.41, 5.74) is -0.291. The topological polar surface area (TPSA) is 77.3 Å². The number of rotatable bonds is 4. The second kappa shape index (κ2) is 7.13. The van der Waals surface area contributed by atoms with Crippen molar-refractivity contribution in [2.75, 3.05) is 20.7 Å². The smallest absolute Gasteiger partial charge is 0.346 e. The summed E-state index contributed by atoms with van der Waals surface area (Å²) < 4.78 is 6.22. The van der Waals surface area contributed by atoms with E-state index in [1.807, 2.05) is 20.8 Å². The highest BCUT2D eigenvalue weighted by molar-refractivity contribution is 8.00. The van der Waals surface area contributed by atoms with Gasteiger partial charge in [-0.25, -0.2) is 9.78 Å². The lowest BCUT2D eigenvalue weighted by Crippen LogP contribution is -2.29. The van der Waals surface area contributed by atoms with Crippen LogP contribution in [0.3, 0.4) is 0 Å². The third-order valence-corrected chi connectivity index (χ3v) is 3.73. The summed E-state index contributed by atoms with van der Waals surface area (Å²) >= 11 is 1.17. The first kappa shape index (κ1) is 18.5. The molecule has 1 aromatic heterocycles. The van der Waals surface area contributed by atoms with E-state index in [0.717, 1.165) is 0 Å². The Hall–Kier alpha value is -1.57. The minimum absolute atomic E-state index is 0.291. The van der Waals surface area contributed by atoms with Gasteiger partial charge in [0.2, 0.25) is 0 Å². The van der Waals surface area contributed by atoms with Gasteiger partial charge in [0.1, 0.15) is 5.25 Å². The Labute approximate surface area is 135 Å². The van der Waals surface area contributed by atoms with Gasteiger partial charge in [0.15, 0.2) is 11.0 Å². The average molecular weight is 328 g/mol. The molecule has 0 saturated heterocycles. The number of hydrogen-bond donors (Lipinski definition) is 0. The Morgan fingerprint density at radius 3 is 2.41 bits per heavy atom. The van der Waals surface area contributed by atoms with Gasteiger partial charge in [0.05, 0.1) is 6.61 Å². The number of thioether (sulfide) groups is 1. The van der Waals surface area contributed by atoms with Crippen LogP contribution in [-0.4, -0.2) is 57.6 Å². The molecule has 0 radical (unpaired) electrons. The van der Waals surface area contributed by atoms with Crippen molar-refractivity contribution >= 4 is 23.8 Å². The first-order chi connectivity index (χ1) is 10.1. The van der Waals surface area contributed by atoms with Gasteiger partial charge < -0.3 is 9.64 Å². The predicted molar refractivity (Wildman–Crippen MR) is 85.2 cm³/mol. The summed E-state index contributed by atoms with van der Waals surface area (Å²) in [4.78, 5) is 29.9. The van der Waals surface area contributed by atoms with E-state index >= 15 is 0 Å². The molecule has 1 rings (SSSR count). The molecule has 0 aliphatic heterocycles. The van der Waals surface area contributed by atoms with E-state index in [4.69, 9.17) is 4.74 Å². The number of carbonyl (C=O) groups is 2. The normalized spacial score (nSPS) is 12.9. The molecule has 124 valence electrons. The Kier molecular flexibility index (Phi) is 5.99. The maximum absolute atomic E-state index is 12.2. The fraction of sp³-hybridized carbons (Fsp3) is 0.714. The van der Waals surface area contributed by atoms with Crippen LogP contribution in [-0.2, 0) is 14.9 Å². The standard InChI is InChI=1S/C14H24N4O3S/c1-8-21-10(19)9(2)22-12-15-11(14(3,4)5)16-18(12)13(20)17(6)7/h9H,8H2,1-7H3. The van der Waals surface area contributed by atoms with E-state index < -0.39 is 5.25 Å². The molecule has 0 fully saturated rings. The summed E-state index contributed by atoms with van der Waals surface area (Å²) in [6.45, 7) is 9.70. The van der Waals surface area contributed by atoms with Crippen LogP contribution in [0.15, 0.2) is 5.16 Å². The first-order valence-corrected chi connectivity index (χ1v) is 7.98. The van der Waals surface area contributed by atoms with Gasteiger partial charge in [-0.1, -0.05) is 32.5 Å². The van der Waals surface area contributed by atoms with E-state index in [1.54, 1.807) is 27.9 Å². The van der Waals surface area contributed by atoms with Crippen LogP contribution in [0.2, 0.25) is 0 Å². The van der Waals surface area contributed by atoms with Crippen molar-refractivity contribution in [2.24, 2.45) is 0 Å². The second-order valence-corrected chi connectivity index (χ2v) is 7.38. The molecule has 7 nitrogen and oxygen atoms in total. The van der Waals surface area contributed by atoms with Crippen molar-refractivity contribution in [3.05, 3.63) is 5.82 Å². The van der Waals surface area contributed by atoms with Gasteiger partial charge in [0, 0.05) is 19.5 Å². The molecule has 0 N–H and O–H groups in total. The van der Waals surface area contributed by atoms with Crippen molar-refractivity contribution in [1.29, 1.82) is 0 Å². The molecule has 0 aliphatic rings. The summed E-state index contributed by atoms with van der Waals surface area (Å²) in [5, 5.41) is 4.23. The van der Waals surface area contributed by atoms with Crippen molar-refractivity contribution in [2.45, 2.75) is 50.4 Å². The molecule has 1 aromatic rings. The third kappa shape index (κ3) is 4.46. The molecule has 8 heteroatoms. The Morgan fingerprint density at radius 2 is 1.95 bits per heavy atom. The lowest BCUT2D eigenvalue weighted by molar-refractivity contribution is -0.142. The van der Waals surface area contributed by atoms with Gasteiger partial charge in [-0.2, -0.15) is 4.68 Å². The summed E-state index contributed by atoms with van der Waals surface area (Å²) in [6, 6.07) is -0.304. The predicted octanol–water partition coefficient (Wildman–Crippen LogP) is 2.15. The van der Waals surface area contributed by atoms with E-state index in [1.165, 1.54) is 21.3 Å². The van der Waals surface area contributed by atoms with Crippen molar-refractivity contribution in [3.63, 3.8) is 0 Å². The number of carbonyl (C=O) groups excluding carboxylic acids is 2. The van der Waals surface area contributed by atoms with Gasteiger partial charge in [-0.15, -0.1) is 5.10 Å². The van der Waals surface area contributed by atoms with Crippen molar-refractivity contribution < 1.29 is 14.3 Å². The van der Waals surface area contributed by atoms with Crippen LogP contribution in [0.1, 0.15) is 40.4 Å². The molecule has 1 heterocycles. The lowest BCUT2D eigenvalue weighted by Gasteiger charge is -2.13. The highest BCUT2D eigenvalue weighted by atomic mass is 32.2. The van der Waals surface area contributed by atoms with Crippen LogP contribution in [0.4, 0.5) is 4.79 Å². The zero-order valence-corrected chi connectivity index (χ0v) is 15.0. The maximum Gasteiger partial charge on any atom is 0.346 e. The molecule has 0 aromatic carbocycles. The third-order valence-electron chi connectivity index (χ3n) is 2.71. The van der Waals surface area contributed by atoms with Crippen LogP contribution in [0.5, 0.6) is 0 Å². The largest absolute Gasteiger partial charge is 0.465 e. The Bertz CT molecular complexity index is 549. The molecule has 0 saturated carbocycles. The Balaban J connectivity index is 3.13. The van der Waals surface area contributed by atoms with Crippen LogP contribution in [0, 0.1) is 0 Å². The van der Waals surface area contributed by atoms with Crippen LogP contribution >= 0.6 is 11.8 Å². The van der Waals surface area contributed by atoms with Gasteiger partial charge in [0.25, 0.3) is 0 Å². The summed E-state index contributed by atoms with van der Waals surface area (Å²) in [6.07, 6.45) is 0. The van der Waals surface area contributed by atoms with E-state index in [2.05, 4.69) is 10.1 Å². The van der Waals surface area contributed by atoms with Crippen molar-refractivity contribution in [3.8, 4) is 0 Å².